The predicted octanol–water partition coefficient (Wildman–Crippen LogP) is 3.77. The number of esters is 2. The van der Waals surface area contributed by atoms with Crippen molar-refractivity contribution in [3.8, 4) is 0 Å². The summed E-state index contributed by atoms with van der Waals surface area (Å²) < 4.78 is 10.0. The summed E-state index contributed by atoms with van der Waals surface area (Å²) >= 11 is 6.25. The molecule has 0 amide bonds. The van der Waals surface area contributed by atoms with Gasteiger partial charge in [-0.15, -0.1) is 0 Å². The first-order valence-electron chi connectivity index (χ1n) is 7.23. The van der Waals surface area contributed by atoms with Crippen molar-refractivity contribution in [3.05, 3.63) is 40.6 Å². The summed E-state index contributed by atoms with van der Waals surface area (Å²) in [6, 6.07) is 5.58. The van der Waals surface area contributed by atoms with E-state index < -0.39 is 17.7 Å². The van der Waals surface area contributed by atoms with E-state index >= 15 is 0 Å². The van der Waals surface area contributed by atoms with Crippen molar-refractivity contribution in [2.24, 2.45) is 0 Å². The summed E-state index contributed by atoms with van der Waals surface area (Å²) in [5.74, 6) is -2.72. The van der Waals surface area contributed by atoms with Crippen molar-refractivity contribution in [2.75, 3.05) is 5.32 Å². The molecule has 1 aliphatic heterocycles. The van der Waals surface area contributed by atoms with E-state index in [4.69, 9.17) is 21.1 Å². The molecule has 23 heavy (non-hydrogen) atoms. The lowest BCUT2D eigenvalue weighted by atomic mass is 9.87. The van der Waals surface area contributed by atoms with Crippen molar-refractivity contribution in [1.29, 1.82) is 0 Å². The Bertz CT molecular complexity index is 664. The number of benzene rings is 1. The van der Waals surface area contributed by atoms with Gasteiger partial charge in [0.15, 0.2) is 5.57 Å². The fourth-order valence-electron chi connectivity index (χ4n) is 2.03. The van der Waals surface area contributed by atoms with E-state index in [0.29, 0.717) is 10.7 Å². The number of halogens is 1. The van der Waals surface area contributed by atoms with Crippen LogP contribution in [0.15, 0.2) is 30.0 Å². The largest absolute Gasteiger partial charge is 0.419 e. The van der Waals surface area contributed by atoms with E-state index in [1.54, 1.807) is 6.07 Å². The molecule has 0 spiro atoms. The first-order valence-corrected chi connectivity index (χ1v) is 7.61. The quantitative estimate of drug-likeness (QED) is 0.505. The van der Waals surface area contributed by atoms with Gasteiger partial charge in [0.25, 0.3) is 5.79 Å². The van der Waals surface area contributed by atoms with Gasteiger partial charge in [-0.25, -0.2) is 9.59 Å². The highest BCUT2D eigenvalue weighted by atomic mass is 35.5. The van der Waals surface area contributed by atoms with Gasteiger partial charge in [-0.05, 0) is 23.1 Å². The summed E-state index contributed by atoms with van der Waals surface area (Å²) in [5.41, 5.74) is 1.43. The van der Waals surface area contributed by atoms with E-state index in [2.05, 4.69) is 26.1 Å². The first-order chi connectivity index (χ1) is 10.5. The van der Waals surface area contributed by atoms with Crippen LogP contribution in [0.25, 0.3) is 0 Å². The predicted molar refractivity (Wildman–Crippen MR) is 88.1 cm³/mol. The molecule has 2 rings (SSSR count). The Hall–Kier alpha value is -2.01. The van der Waals surface area contributed by atoms with Crippen LogP contribution in [0.4, 0.5) is 5.69 Å². The van der Waals surface area contributed by atoms with Crippen LogP contribution in [-0.2, 0) is 24.5 Å². The first kappa shape index (κ1) is 17.3. The number of ether oxygens (including phenoxy) is 2. The lowest BCUT2D eigenvalue weighted by Gasteiger charge is -2.29. The van der Waals surface area contributed by atoms with Crippen molar-refractivity contribution in [1.82, 2.24) is 0 Å². The van der Waals surface area contributed by atoms with Crippen molar-refractivity contribution < 1.29 is 19.1 Å². The fraction of sp³-hybridized carbons (Fsp3) is 0.412. The van der Waals surface area contributed by atoms with E-state index in [1.807, 2.05) is 12.1 Å². The van der Waals surface area contributed by atoms with Crippen LogP contribution in [0.5, 0.6) is 0 Å². The van der Waals surface area contributed by atoms with E-state index in [0.717, 1.165) is 5.56 Å². The van der Waals surface area contributed by atoms with Gasteiger partial charge < -0.3 is 14.8 Å². The Balaban J connectivity index is 2.20. The molecule has 0 aliphatic carbocycles. The molecule has 1 aromatic rings. The third-order valence-electron chi connectivity index (χ3n) is 3.32. The molecule has 0 saturated carbocycles. The minimum atomic E-state index is -1.25. The minimum absolute atomic E-state index is 0.0246. The van der Waals surface area contributed by atoms with Crippen LogP contribution in [0, 0.1) is 0 Å². The van der Waals surface area contributed by atoms with Gasteiger partial charge in [-0.1, -0.05) is 38.4 Å². The van der Waals surface area contributed by atoms with Gasteiger partial charge in [0.05, 0.1) is 10.7 Å². The van der Waals surface area contributed by atoms with Gasteiger partial charge in [-0.3, -0.25) is 0 Å². The van der Waals surface area contributed by atoms with Gasteiger partial charge in [0.2, 0.25) is 0 Å². The minimum Gasteiger partial charge on any atom is -0.419 e. The Morgan fingerprint density at radius 2 is 1.70 bits per heavy atom. The second kappa shape index (κ2) is 5.89. The number of carbonyl (C=O) groups is 2. The molecule has 0 aromatic heterocycles. The fourth-order valence-corrected chi connectivity index (χ4v) is 2.26. The third-order valence-corrected chi connectivity index (χ3v) is 3.64. The number of hydrogen-bond acceptors (Lipinski definition) is 5. The van der Waals surface area contributed by atoms with E-state index in [1.165, 1.54) is 20.0 Å². The second-order valence-electron chi connectivity index (χ2n) is 6.83. The highest BCUT2D eigenvalue weighted by Gasteiger charge is 2.38. The molecule has 124 valence electrons. The molecule has 1 fully saturated rings. The van der Waals surface area contributed by atoms with Crippen LogP contribution >= 0.6 is 11.6 Å². The number of hydrogen-bond donors (Lipinski definition) is 1. The van der Waals surface area contributed by atoms with Gasteiger partial charge >= 0.3 is 11.9 Å². The lowest BCUT2D eigenvalue weighted by molar-refractivity contribution is -0.222. The molecular weight excluding hydrogens is 318 g/mol. The van der Waals surface area contributed by atoms with Crippen molar-refractivity contribution in [2.45, 2.75) is 45.8 Å². The van der Waals surface area contributed by atoms with Gasteiger partial charge in [0.1, 0.15) is 0 Å². The molecule has 1 aliphatic rings. The highest BCUT2D eigenvalue weighted by Crippen LogP contribution is 2.30. The summed E-state index contributed by atoms with van der Waals surface area (Å²) in [4.78, 5) is 23.7. The Kier molecular flexibility index (Phi) is 4.44. The van der Waals surface area contributed by atoms with Crippen LogP contribution in [0.1, 0.15) is 40.2 Å². The molecule has 1 heterocycles. The molecule has 1 saturated heterocycles. The smallest absolute Gasteiger partial charge is 0.350 e. The second-order valence-corrected chi connectivity index (χ2v) is 7.23. The highest BCUT2D eigenvalue weighted by molar-refractivity contribution is 6.33. The average Bonchev–Trinajstić information content (AvgIpc) is 2.36. The maximum atomic E-state index is 11.8. The van der Waals surface area contributed by atoms with Crippen molar-refractivity contribution in [3.63, 3.8) is 0 Å². The van der Waals surface area contributed by atoms with Crippen LogP contribution in [0.3, 0.4) is 0 Å². The van der Waals surface area contributed by atoms with Crippen LogP contribution < -0.4 is 5.32 Å². The maximum Gasteiger partial charge on any atom is 0.350 e. The van der Waals surface area contributed by atoms with Crippen molar-refractivity contribution >= 4 is 29.2 Å². The molecule has 0 radical (unpaired) electrons. The average molecular weight is 338 g/mol. The zero-order valence-corrected chi connectivity index (χ0v) is 14.6. The Labute approximate surface area is 140 Å². The maximum absolute atomic E-state index is 11.8. The van der Waals surface area contributed by atoms with E-state index in [9.17, 15) is 9.59 Å². The molecule has 1 aromatic carbocycles. The Morgan fingerprint density at radius 1 is 1.13 bits per heavy atom. The molecular formula is C17H20ClNO4. The summed E-state index contributed by atoms with van der Waals surface area (Å²) in [5, 5.41) is 3.35. The number of rotatable bonds is 2. The zero-order valence-electron chi connectivity index (χ0n) is 13.8. The summed E-state index contributed by atoms with van der Waals surface area (Å²) in [6.07, 6.45) is 1.25. The zero-order chi connectivity index (χ0) is 17.4. The molecule has 0 unspecified atom stereocenters. The molecule has 5 nitrogen and oxygen atoms in total. The normalized spacial score (nSPS) is 17.4. The summed E-state index contributed by atoms with van der Waals surface area (Å²) in [7, 11) is 0. The van der Waals surface area contributed by atoms with E-state index in [-0.39, 0.29) is 11.0 Å². The van der Waals surface area contributed by atoms with Gasteiger partial charge in [0, 0.05) is 20.0 Å². The standard InChI is InChI=1S/C17H20ClNO4/c1-16(2,3)10-6-7-13(12(18)8-10)19-9-11-14(20)22-17(4,5)23-15(11)21/h6-9,19H,1-5H3. The molecule has 0 atom stereocenters. The van der Waals surface area contributed by atoms with Gasteiger partial charge in [-0.2, -0.15) is 0 Å². The van der Waals surface area contributed by atoms with Crippen LogP contribution in [-0.4, -0.2) is 17.7 Å². The molecule has 6 heteroatoms. The number of cyclic esters (lactones) is 2. The Morgan fingerprint density at radius 3 is 2.17 bits per heavy atom. The third kappa shape index (κ3) is 4.05. The topological polar surface area (TPSA) is 64.6 Å². The lowest BCUT2D eigenvalue weighted by Crippen LogP contribution is -2.42. The number of nitrogens with one attached hydrogen (secondary N) is 1. The van der Waals surface area contributed by atoms with Crippen LogP contribution in [0.2, 0.25) is 5.02 Å². The monoisotopic (exact) mass is 337 g/mol. The summed E-state index contributed by atoms with van der Waals surface area (Å²) in [6.45, 7) is 9.25. The number of anilines is 1. The molecule has 0 bridgehead atoms. The number of carbonyl (C=O) groups excluding carboxylic acids is 2. The SMILES string of the molecule is CC1(C)OC(=O)C(=CNc2ccc(C(C)(C)C)cc2Cl)C(=O)O1. The molecule has 1 N–H and O–H groups in total.